The van der Waals surface area contributed by atoms with E-state index >= 15 is 0 Å². The Labute approximate surface area is 186 Å². The number of aromatic nitrogens is 1. The maximum absolute atomic E-state index is 2.49. The van der Waals surface area contributed by atoms with Crippen LogP contribution in [0.1, 0.15) is 6.92 Å². The number of rotatable bonds is 1. The Kier molecular flexibility index (Phi) is 3.57. The summed E-state index contributed by atoms with van der Waals surface area (Å²) in [7, 11) is 0. The van der Waals surface area contributed by atoms with Crippen LogP contribution >= 0.6 is 0 Å². The lowest BCUT2D eigenvalue weighted by atomic mass is 9.95. The van der Waals surface area contributed by atoms with Crippen molar-refractivity contribution in [1.29, 1.82) is 0 Å². The third-order valence-electron chi connectivity index (χ3n) is 6.87. The molecule has 0 fully saturated rings. The number of fused-ring (bicyclic) bond motifs is 11. The second-order valence-electron chi connectivity index (χ2n) is 8.50. The summed E-state index contributed by atoms with van der Waals surface area (Å²) in [6.07, 6.45) is 0. The van der Waals surface area contributed by atoms with Crippen LogP contribution < -0.4 is 4.90 Å². The number of nitrogens with zero attached hydrogens (tertiary/aromatic N) is 2. The van der Waals surface area contributed by atoms with E-state index in [0.29, 0.717) is 0 Å². The minimum absolute atomic E-state index is 0.900. The molecule has 1 aromatic heterocycles. The molecule has 2 heterocycles. The molecule has 152 valence electrons. The topological polar surface area (TPSA) is 8.17 Å². The Bertz CT molecular complexity index is 1670. The van der Waals surface area contributed by atoms with E-state index in [4.69, 9.17) is 0 Å². The monoisotopic (exact) mass is 410 g/mol. The number of hydrogen-bond acceptors (Lipinski definition) is 1. The predicted octanol–water partition coefficient (Wildman–Crippen LogP) is 8.08. The third-order valence-corrected chi connectivity index (χ3v) is 6.87. The highest BCUT2D eigenvalue weighted by molar-refractivity contribution is 6.12. The van der Waals surface area contributed by atoms with Crippen LogP contribution in [-0.2, 0) is 0 Å². The van der Waals surface area contributed by atoms with Crippen molar-refractivity contribution < 1.29 is 0 Å². The summed E-state index contributed by atoms with van der Waals surface area (Å²) in [6, 6.07) is 37.7. The van der Waals surface area contributed by atoms with Gasteiger partial charge in [-0.25, -0.2) is 0 Å². The fourth-order valence-electron chi connectivity index (χ4n) is 5.50. The fraction of sp³-hybridized carbons (Fsp3) is 0.0667. The van der Waals surface area contributed by atoms with Crippen molar-refractivity contribution in [2.24, 2.45) is 0 Å². The molecule has 0 spiro atoms. The van der Waals surface area contributed by atoms with E-state index < -0.39 is 0 Å². The molecule has 7 rings (SSSR count). The Morgan fingerprint density at radius 1 is 0.594 bits per heavy atom. The molecule has 2 nitrogen and oxygen atoms in total. The molecule has 0 atom stereocenters. The lowest BCUT2D eigenvalue weighted by Gasteiger charge is -2.24. The molecule has 2 heteroatoms. The average molecular weight is 411 g/mol. The van der Waals surface area contributed by atoms with Crippen LogP contribution in [0.5, 0.6) is 0 Å². The van der Waals surface area contributed by atoms with Crippen molar-refractivity contribution in [2.45, 2.75) is 6.92 Å². The predicted molar refractivity (Wildman–Crippen MR) is 136 cm³/mol. The Morgan fingerprint density at radius 2 is 1.25 bits per heavy atom. The minimum Gasteiger partial charge on any atom is -0.327 e. The molecule has 0 saturated carbocycles. The van der Waals surface area contributed by atoms with Gasteiger partial charge in [-0.1, -0.05) is 84.9 Å². The summed E-state index contributed by atoms with van der Waals surface area (Å²) in [4.78, 5) is 2.46. The average Bonchev–Trinajstić information content (AvgIpc) is 3.18. The summed E-state index contributed by atoms with van der Waals surface area (Å²) in [6.45, 7) is 3.14. The highest BCUT2D eigenvalue weighted by atomic mass is 15.3. The van der Waals surface area contributed by atoms with Crippen LogP contribution in [0.2, 0.25) is 0 Å². The maximum atomic E-state index is 2.49. The first-order chi connectivity index (χ1) is 15.8. The lowest BCUT2D eigenvalue weighted by Crippen LogP contribution is -2.18. The molecule has 6 aromatic rings. The number of hydrogen-bond donors (Lipinski definition) is 0. The van der Waals surface area contributed by atoms with E-state index in [1.807, 2.05) is 0 Å². The van der Waals surface area contributed by atoms with E-state index in [2.05, 4.69) is 120 Å². The molecular weight excluding hydrogens is 388 g/mol. The van der Waals surface area contributed by atoms with Crippen molar-refractivity contribution in [1.82, 2.24) is 4.57 Å². The van der Waals surface area contributed by atoms with Gasteiger partial charge in [0.2, 0.25) is 0 Å². The number of anilines is 2. The molecule has 0 aliphatic carbocycles. The van der Waals surface area contributed by atoms with Crippen LogP contribution in [-0.4, -0.2) is 11.1 Å². The van der Waals surface area contributed by atoms with E-state index in [1.54, 1.807) is 0 Å². The van der Waals surface area contributed by atoms with E-state index in [9.17, 15) is 0 Å². The highest BCUT2D eigenvalue weighted by Crippen LogP contribution is 2.48. The molecule has 0 radical (unpaired) electrons. The zero-order valence-electron chi connectivity index (χ0n) is 17.9. The molecule has 1 aliphatic rings. The van der Waals surface area contributed by atoms with Gasteiger partial charge in [0.1, 0.15) is 5.82 Å². The van der Waals surface area contributed by atoms with Crippen LogP contribution in [0.4, 0.5) is 11.5 Å². The van der Waals surface area contributed by atoms with Gasteiger partial charge in [0.15, 0.2) is 0 Å². The molecule has 1 aliphatic heterocycles. The van der Waals surface area contributed by atoms with Crippen LogP contribution in [0.25, 0.3) is 49.3 Å². The van der Waals surface area contributed by atoms with Gasteiger partial charge in [0, 0.05) is 28.4 Å². The van der Waals surface area contributed by atoms with Gasteiger partial charge in [-0.3, -0.25) is 4.57 Å². The summed E-state index contributed by atoms with van der Waals surface area (Å²) < 4.78 is 2.49. The van der Waals surface area contributed by atoms with Gasteiger partial charge in [0.05, 0.1) is 16.9 Å². The second-order valence-corrected chi connectivity index (χ2v) is 8.50. The largest absolute Gasteiger partial charge is 0.327 e. The summed E-state index contributed by atoms with van der Waals surface area (Å²) in [5, 5.41) is 6.40. The Hall–Kier alpha value is -4.04. The van der Waals surface area contributed by atoms with Crippen molar-refractivity contribution in [3.63, 3.8) is 0 Å². The third kappa shape index (κ3) is 2.24. The first kappa shape index (κ1) is 17.6. The summed E-state index contributed by atoms with van der Waals surface area (Å²) in [5.41, 5.74) is 6.38. The van der Waals surface area contributed by atoms with E-state index in [0.717, 1.165) is 6.54 Å². The van der Waals surface area contributed by atoms with Gasteiger partial charge in [-0.2, -0.15) is 0 Å². The van der Waals surface area contributed by atoms with Crippen molar-refractivity contribution in [3.8, 4) is 16.8 Å². The van der Waals surface area contributed by atoms with Crippen molar-refractivity contribution in [2.75, 3.05) is 11.4 Å². The standard InChI is InChI=1S/C30H22N2/c1-2-31-26-14-8-7-13-25(26)29-23-11-5-3-9-20(23)17-18-27(29)32-28(31)19-22-16-15-21-10-4-6-12-24(21)30(22)32/h3-19H,2H2,1H3. The van der Waals surface area contributed by atoms with E-state index in [-0.39, 0.29) is 0 Å². The van der Waals surface area contributed by atoms with Gasteiger partial charge in [0.25, 0.3) is 0 Å². The summed E-state index contributed by atoms with van der Waals surface area (Å²) >= 11 is 0. The molecular formula is C30H22N2. The zero-order valence-corrected chi connectivity index (χ0v) is 17.9. The SMILES string of the molecule is CCN1c2ccccc2-c2c(ccc3ccccc23)-n2c1cc1ccc3ccccc3c12. The molecule has 0 bridgehead atoms. The highest BCUT2D eigenvalue weighted by Gasteiger charge is 2.27. The van der Waals surface area contributed by atoms with E-state index in [1.165, 1.54) is 60.8 Å². The first-order valence-electron chi connectivity index (χ1n) is 11.3. The Morgan fingerprint density at radius 3 is 2.09 bits per heavy atom. The number of benzene rings is 5. The van der Waals surface area contributed by atoms with Crippen LogP contribution in [0, 0.1) is 0 Å². The lowest BCUT2D eigenvalue weighted by molar-refractivity contribution is 0.970. The van der Waals surface area contributed by atoms with Gasteiger partial charge < -0.3 is 4.90 Å². The number of para-hydroxylation sites is 1. The fourth-order valence-corrected chi connectivity index (χ4v) is 5.50. The van der Waals surface area contributed by atoms with Crippen molar-refractivity contribution >= 4 is 44.0 Å². The normalized spacial score (nSPS) is 12.6. The van der Waals surface area contributed by atoms with Crippen LogP contribution in [0.3, 0.4) is 0 Å². The molecule has 5 aromatic carbocycles. The molecule has 0 N–H and O–H groups in total. The molecule has 0 amide bonds. The second kappa shape index (κ2) is 6.48. The maximum Gasteiger partial charge on any atom is 0.118 e. The molecule has 32 heavy (non-hydrogen) atoms. The van der Waals surface area contributed by atoms with Gasteiger partial charge in [-0.05, 0) is 41.3 Å². The van der Waals surface area contributed by atoms with Gasteiger partial charge in [-0.15, -0.1) is 0 Å². The quantitative estimate of drug-likeness (QED) is 0.266. The zero-order chi connectivity index (χ0) is 21.2. The van der Waals surface area contributed by atoms with Gasteiger partial charge >= 0.3 is 0 Å². The molecule has 0 saturated heterocycles. The molecule has 0 unspecified atom stereocenters. The minimum atomic E-state index is 0.900. The summed E-state index contributed by atoms with van der Waals surface area (Å²) in [5.74, 6) is 1.22. The van der Waals surface area contributed by atoms with Crippen LogP contribution in [0.15, 0.2) is 103 Å². The smallest absolute Gasteiger partial charge is 0.118 e. The first-order valence-corrected chi connectivity index (χ1v) is 11.3. The Balaban J connectivity index is 1.75. The van der Waals surface area contributed by atoms with Crippen molar-refractivity contribution in [3.05, 3.63) is 103 Å².